The van der Waals surface area contributed by atoms with Crippen LogP contribution in [0.25, 0.3) is 0 Å². The van der Waals surface area contributed by atoms with Crippen molar-refractivity contribution in [1.82, 2.24) is 5.32 Å². The molecule has 86 valence electrons. The summed E-state index contributed by atoms with van der Waals surface area (Å²) in [6.07, 6.45) is 2.13. The molecule has 16 heavy (non-hydrogen) atoms. The van der Waals surface area contributed by atoms with E-state index >= 15 is 0 Å². The molecule has 0 radical (unpaired) electrons. The Balaban J connectivity index is 2.03. The summed E-state index contributed by atoms with van der Waals surface area (Å²) in [6, 6.07) is 10.4. The van der Waals surface area contributed by atoms with Crippen molar-refractivity contribution in [3.05, 3.63) is 35.9 Å². The first-order valence-electron chi connectivity index (χ1n) is 5.76. The van der Waals surface area contributed by atoms with E-state index in [9.17, 15) is 4.79 Å². The van der Waals surface area contributed by atoms with Crippen molar-refractivity contribution >= 4 is 5.91 Å². The Morgan fingerprint density at radius 2 is 2.19 bits per heavy atom. The SMILES string of the molecule is CC[C@@]1(NCC(N)=O)C[C@H]1c1ccccc1. The van der Waals surface area contributed by atoms with Gasteiger partial charge in [0.1, 0.15) is 0 Å². The third kappa shape index (κ3) is 2.09. The summed E-state index contributed by atoms with van der Waals surface area (Å²) < 4.78 is 0. The second-order valence-corrected chi connectivity index (χ2v) is 4.50. The number of amides is 1. The summed E-state index contributed by atoms with van der Waals surface area (Å²) in [6.45, 7) is 2.42. The first-order valence-corrected chi connectivity index (χ1v) is 5.76. The molecule has 1 saturated carbocycles. The minimum absolute atomic E-state index is 0.0936. The van der Waals surface area contributed by atoms with Crippen LogP contribution < -0.4 is 11.1 Å². The van der Waals surface area contributed by atoms with E-state index in [-0.39, 0.29) is 18.0 Å². The van der Waals surface area contributed by atoms with E-state index < -0.39 is 0 Å². The Labute approximate surface area is 96.0 Å². The molecule has 3 N–H and O–H groups in total. The van der Waals surface area contributed by atoms with Gasteiger partial charge >= 0.3 is 0 Å². The van der Waals surface area contributed by atoms with Crippen molar-refractivity contribution in [3.63, 3.8) is 0 Å². The van der Waals surface area contributed by atoms with Crippen LogP contribution in [-0.4, -0.2) is 18.0 Å². The summed E-state index contributed by atoms with van der Waals surface area (Å²) in [5.74, 6) is 0.240. The van der Waals surface area contributed by atoms with Crippen molar-refractivity contribution in [2.75, 3.05) is 6.54 Å². The zero-order valence-electron chi connectivity index (χ0n) is 9.57. The fraction of sp³-hybridized carbons (Fsp3) is 0.462. The molecular formula is C13H18N2O. The molecule has 2 rings (SSSR count). The number of hydrogen-bond acceptors (Lipinski definition) is 2. The number of benzene rings is 1. The van der Waals surface area contributed by atoms with Crippen molar-refractivity contribution < 1.29 is 4.79 Å². The zero-order chi connectivity index (χ0) is 11.6. The van der Waals surface area contributed by atoms with E-state index in [2.05, 4.69) is 36.5 Å². The van der Waals surface area contributed by atoms with Gasteiger partial charge in [0, 0.05) is 11.5 Å². The van der Waals surface area contributed by atoms with Gasteiger partial charge in [-0.1, -0.05) is 37.3 Å². The van der Waals surface area contributed by atoms with Crippen molar-refractivity contribution in [1.29, 1.82) is 0 Å². The van der Waals surface area contributed by atoms with Crippen LogP contribution in [-0.2, 0) is 4.79 Å². The number of nitrogens with one attached hydrogen (secondary N) is 1. The molecule has 1 aromatic rings. The molecule has 3 heteroatoms. The number of nitrogens with two attached hydrogens (primary N) is 1. The minimum Gasteiger partial charge on any atom is -0.369 e. The Morgan fingerprint density at radius 3 is 2.75 bits per heavy atom. The van der Waals surface area contributed by atoms with Crippen LogP contribution in [0.1, 0.15) is 31.2 Å². The largest absolute Gasteiger partial charge is 0.369 e. The normalized spacial score (nSPS) is 27.7. The maximum absolute atomic E-state index is 10.8. The quantitative estimate of drug-likeness (QED) is 0.785. The van der Waals surface area contributed by atoms with E-state index in [1.807, 2.05) is 6.07 Å². The standard InChI is InChI=1S/C13H18N2O/c1-2-13(15-9-12(14)16)8-11(13)10-6-4-3-5-7-10/h3-7,11,15H,2,8-9H2,1H3,(H2,14,16)/t11-,13+/m0/s1. The van der Waals surface area contributed by atoms with Gasteiger partial charge in [-0.15, -0.1) is 0 Å². The molecule has 0 unspecified atom stereocenters. The predicted octanol–water partition coefficient (Wildman–Crippen LogP) is 1.40. The number of primary amides is 1. The first kappa shape index (κ1) is 11.1. The molecule has 0 aliphatic heterocycles. The molecule has 3 nitrogen and oxygen atoms in total. The average molecular weight is 218 g/mol. The van der Waals surface area contributed by atoms with Gasteiger partial charge in [-0.3, -0.25) is 4.79 Å². The smallest absolute Gasteiger partial charge is 0.231 e. The summed E-state index contributed by atoms with van der Waals surface area (Å²) in [5, 5.41) is 3.29. The summed E-state index contributed by atoms with van der Waals surface area (Å²) in [5.41, 5.74) is 6.61. The first-order chi connectivity index (χ1) is 7.68. The van der Waals surface area contributed by atoms with Crippen molar-refractivity contribution in [3.8, 4) is 0 Å². The zero-order valence-corrected chi connectivity index (χ0v) is 9.57. The van der Waals surface area contributed by atoms with Crippen LogP contribution in [0.5, 0.6) is 0 Å². The third-order valence-electron chi connectivity index (χ3n) is 3.52. The summed E-state index contributed by atoms with van der Waals surface area (Å²) in [4.78, 5) is 10.8. The van der Waals surface area contributed by atoms with E-state index in [1.54, 1.807) is 0 Å². The summed E-state index contributed by atoms with van der Waals surface area (Å²) >= 11 is 0. The lowest BCUT2D eigenvalue weighted by molar-refractivity contribution is -0.117. The topological polar surface area (TPSA) is 55.1 Å². The minimum atomic E-state index is -0.286. The molecule has 0 bridgehead atoms. The van der Waals surface area contributed by atoms with Crippen LogP contribution in [0.4, 0.5) is 0 Å². The average Bonchev–Trinajstić information content (AvgIpc) is 3.03. The fourth-order valence-corrected chi connectivity index (χ4v) is 2.40. The highest BCUT2D eigenvalue weighted by molar-refractivity contribution is 5.76. The third-order valence-corrected chi connectivity index (χ3v) is 3.52. The molecule has 0 saturated heterocycles. The van der Waals surface area contributed by atoms with Gasteiger partial charge < -0.3 is 11.1 Å². The highest BCUT2D eigenvalue weighted by Gasteiger charge is 2.52. The molecule has 1 aromatic carbocycles. The molecule has 0 aromatic heterocycles. The lowest BCUT2D eigenvalue weighted by atomic mass is 10.0. The second kappa shape index (κ2) is 4.26. The van der Waals surface area contributed by atoms with Crippen LogP contribution in [0, 0.1) is 0 Å². The van der Waals surface area contributed by atoms with Crippen molar-refractivity contribution in [2.45, 2.75) is 31.2 Å². The highest BCUT2D eigenvalue weighted by atomic mass is 16.1. The van der Waals surface area contributed by atoms with E-state index in [0.29, 0.717) is 5.92 Å². The molecular weight excluding hydrogens is 200 g/mol. The van der Waals surface area contributed by atoms with Gasteiger partial charge in [-0.05, 0) is 18.4 Å². The Morgan fingerprint density at radius 1 is 1.50 bits per heavy atom. The Kier molecular flexibility index (Phi) is 2.97. The Hall–Kier alpha value is -1.35. The molecule has 1 aliphatic rings. The maximum atomic E-state index is 10.8. The Bertz CT molecular complexity index is 377. The van der Waals surface area contributed by atoms with Gasteiger partial charge in [0.25, 0.3) is 0 Å². The van der Waals surface area contributed by atoms with Crippen LogP contribution in [0.3, 0.4) is 0 Å². The molecule has 2 atom stereocenters. The maximum Gasteiger partial charge on any atom is 0.231 e. The van der Waals surface area contributed by atoms with Crippen LogP contribution in [0.15, 0.2) is 30.3 Å². The monoisotopic (exact) mass is 218 g/mol. The van der Waals surface area contributed by atoms with Gasteiger partial charge in [-0.25, -0.2) is 0 Å². The lowest BCUT2D eigenvalue weighted by Crippen LogP contribution is -2.39. The number of hydrogen-bond donors (Lipinski definition) is 2. The van der Waals surface area contributed by atoms with Gasteiger partial charge in [0.05, 0.1) is 6.54 Å². The summed E-state index contributed by atoms with van der Waals surface area (Å²) in [7, 11) is 0. The van der Waals surface area contributed by atoms with Gasteiger partial charge in [-0.2, -0.15) is 0 Å². The van der Waals surface area contributed by atoms with Crippen LogP contribution >= 0.6 is 0 Å². The number of carbonyl (C=O) groups is 1. The van der Waals surface area contributed by atoms with Crippen molar-refractivity contribution in [2.24, 2.45) is 5.73 Å². The number of carbonyl (C=O) groups excluding carboxylic acids is 1. The number of rotatable bonds is 5. The predicted molar refractivity (Wildman–Crippen MR) is 64.0 cm³/mol. The molecule has 0 heterocycles. The van der Waals surface area contributed by atoms with E-state index in [4.69, 9.17) is 5.73 Å². The fourth-order valence-electron chi connectivity index (χ4n) is 2.40. The van der Waals surface area contributed by atoms with Crippen LogP contribution in [0.2, 0.25) is 0 Å². The van der Waals surface area contributed by atoms with E-state index in [0.717, 1.165) is 12.8 Å². The molecule has 1 fully saturated rings. The molecule has 1 aliphatic carbocycles. The van der Waals surface area contributed by atoms with Gasteiger partial charge in [0.15, 0.2) is 0 Å². The molecule has 1 amide bonds. The molecule has 0 spiro atoms. The second-order valence-electron chi connectivity index (χ2n) is 4.50. The van der Waals surface area contributed by atoms with Gasteiger partial charge in [0.2, 0.25) is 5.91 Å². The highest BCUT2D eigenvalue weighted by Crippen LogP contribution is 2.53. The van der Waals surface area contributed by atoms with E-state index in [1.165, 1.54) is 5.56 Å². The lowest BCUT2D eigenvalue weighted by Gasteiger charge is -2.16.